The fraction of sp³-hybridized carbons (Fsp3) is 0. The second-order valence-electron chi connectivity index (χ2n) is 0.856. The standard InChI is InChI=1S/Cl2H3O4PS2/c1-5-9(6-2)7(3,4)8/h3-4,8H. The maximum absolute atomic E-state index is 8.60. The quantitative estimate of drug-likeness (QED) is 0.498. The summed E-state index contributed by atoms with van der Waals surface area (Å²) in [6, 6.07) is 0. The van der Waals surface area contributed by atoms with Gasteiger partial charge in [-0.1, -0.05) is 12.2 Å². The van der Waals surface area contributed by atoms with Crippen molar-refractivity contribution in [2.24, 2.45) is 0 Å². The summed E-state index contributed by atoms with van der Waals surface area (Å²) in [4.78, 5) is 17.2. The monoisotopic (exact) mass is 232 g/mol. The predicted molar refractivity (Wildman–Crippen MR) is 41.6 cm³/mol. The van der Waals surface area contributed by atoms with Crippen LogP contribution in [0.2, 0.25) is 0 Å². The molecule has 4 nitrogen and oxygen atoms in total. The van der Waals surface area contributed by atoms with E-state index in [1.165, 1.54) is 0 Å². The van der Waals surface area contributed by atoms with Gasteiger partial charge in [0.1, 0.15) is 0 Å². The van der Waals surface area contributed by atoms with Gasteiger partial charge in [-0.15, -0.1) is 0 Å². The molecule has 0 aromatic heterocycles. The molecule has 0 aliphatic rings. The van der Waals surface area contributed by atoms with Crippen LogP contribution in [0.1, 0.15) is 0 Å². The van der Waals surface area contributed by atoms with Crippen molar-refractivity contribution in [3.8, 4) is 0 Å². The Morgan fingerprint density at radius 1 is 1.33 bits per heavy atom. The minimum Gasteiger partial charge on any atom is -0.339 e. The third-order valence-corrected chi connectivity index (χ3v) is 4.98. The number of hydrogen-bond acceptors (Lipinski definition) is 2. The van der Waals surface area contributed by atoms with Gasteiger partial charge in [-0.25, -0.2) is 0 Å². The molecule has 9 heavy (non-hydrogen) atoms. The third-order valence-electron chi connectivity index (χ3n) is 0.308. The second kappa shape index (κ2) is 4.43. The van der Waals surface area contributed by atoms with Crippen LogP contribution in [0.4, 0.5) is 0 Å². The van der Waals surface area contributed by atoms with Crippen molar-refractivity contribution in [3.63, 3.8) is 0 Å². The highest BCUT2D eigenvalue weighted by Gasteiger charge is 2.12. The number of halogens is 2. The maximum atomic E-state index is 8.60. The average Bonchev–Trinajstić information content (AvgIpc) is 1.65. The van der Waals surface area contributed by atoms with E-state index in [1.807, 2.05) is 0 Å². The van der Waals surface area contributed by atoms with Crippen LogP contribution in [-0.4, -0.2) is 9.79 Å². The summed E-state index contributed by atoms with van der Waals surface area (Å²) < 4.78 is 7.77. The van der Waals surface area contributed by atoms with Crippen LogP contribution in [0, 0.1) is 0 Å². The lowest BCUT2D eigenvalue weighted by Crippen LogP contribution is -1.87. The van der Waals surface area contributed by atoms with Gasteiger partial charge in [0.05, 0.1) is 23.7 Å². The highest BCUT2D eigenvalue weighted by atomic mass is 35.5. The zero-order valence-corrected chi connectivity index (χ0v) is 7.89. The maximum Gasteiger partial charge on any atom is 0.252 e. The summed E-state index contributed by atoms with van der Waals surface area (Å²) in [7, 11) is -1.74. The molecule has 2 N–H and O–H groups in total. The van der Waals surface area contributed by atoms with Crippen molar-refractivity contribution in [1.82, 2.24) is 0 Å². The van der Waals surface area contributed by atoms with E-state index in [1.54, 1.807) is 0 Å². The highest BCUT2D eigenvalue weighted by Crippen LogP contribution is 2.48. The van der Waals surface area contributed by atoms with Crippen LogP contribution in [0.3, 0.4) is 0 Å². The second-order valence-corrected chi connectivity index (χ2v) is 8.23. The molecule has 0 atom stereocenters. The molecule has 0 rings (SSSR count). The Balaban J connectivity index is 4.40. The van der Waals surface area contributed by atoms with Gasteiger partial charge in [0.15, 0.2) is 10.6 Å². The van der Waals surface area contributed by atoms with E-state index in [2.05, 4.69) is 19.7 Å². The van der Waals surface area contributed by atoms with E-state index in [0.29, 0.717) is 0 Å². The lowest BCUT2D eigenvalue weighted by molar-refractivity contribution is 0.493. The van der Waals surface area contributed by atoms with Gasteiger partial charge in [0, 0.05) is 0 Å². The predicted octanol–water partition coefficient (Wildman–Crippen LogP) is 1.37. The number of hydrogen-bond donors (Lipinski definition) is 3. The summed E-state index contributed by atoms with van der Waals surface area (Å²) in [5.41, 5.74) is -3.51. The molecular formula is H3Cl2O4PS2. The number of rotatable bonds is 2. The Morgan fingerprint density at radius 2 is 1.67 bits per heavy atom. The molecule has 58 valence electrons. The molecule has 0 fully saturated rings. The Hall–Kier alpha value is 1.55. The van der Waals surface area contributed by atoms with E-state index >= 15 is 0 Å². The van der Waals surface area contributed by atoms with Crippen LogP contribution in [0.25, 0.3) is 0 Å². The molecule has 0 saturated carbocycles. The molecule has 0 aliphatic heterocycles. The van der Waals surface area contributed by atoms with Crippen molar-refractivity contribution >= 4 is 52.3 Å². The van der Waals surface area contributed by atoms with E-state index in [-0.39, 0.29) is 0 Å². The van der Waals surface area contributed by atoms with Crippen LogP contribution in [0.15, 0.2) is 0 Å². The number of thiol groups is 1. The molecule has 0 unspecified atom stereocenters. The molecule has 0 radical (unpaired) electrons. The van der Waals surface area contributed by atoms with Crippen molar-refractivity contribution in [2.75, 3.05) is 0 Å². The fourth-order valence-corrected chi connectivity index (χ4v) is 3.66. The van der Waals surface area contributed by atoms with Crippen molar-refractivity contribution in [3.05, 3.63) is 0 Å². The molecule has 0 bridgehead atoms. The van der Waals surface area contributed by atoms with Crippen molar-refractivity contribution in [1.29, 1.82) is 0 Å². The van der Waals surface area contributed by atoms with Crippen LogP contribution < -0.4 is 0 Å². The van der Waals surface area contributed by atoms with Crippen LogP contribution in [-0.2, 0) is 18.1 Å². The molecule has 9 heteroatoms. The summed E-state index contributed by atoms with van der Waals surface area (Å²) in [5.74, 6) is 0. The van der Waals surface area contributed by atoms with Crippen molar-refractivity contribution < 1.29 is 17.3 Å². The molecule has 0 aromatic carbocycles. The molecule has 0 aliphatic carbocycles. The molecular weight excluding hydrogens is 230 g/mol. The van der Waals surface area contributed by atoms with Gasteiger partial charge in [0.25, 0.3) is 5.69 Å². The van der Waals surface area contributed by atoms with Crippen LogP contribution in [0.5, 0.6) is 0 Å². The van der Waals surface area contributed by atoms with E-state index in [4.69, 9.17) is 33.5 Å². The first kappa shape index (κ1) is 10.6. The highest BCUT2D eigenvalue weighted by molar-refractivity contribution is 8.64. The zero-order chi connectivity index (χ0) is 7.49. The summed E-state index contributed by atoms with van der Waals surface area (Å²) in [6.07, 6.45) is 0. The van der Waals surface area contributed by atoms with E-state index in [0.717, 1.165) is 0 Å². The Labute approximate surface area is 69.7 Å². The Kier molecular flexibility index (Phi) is 5.20. The normalized spacial score (nSPS) is 12.7. The summed E-state index contributed by atoms with van der Waals surface area (Å²) >= 11 is 12.8. The Bertz CT molecular complexity index is 125. The van der Waals surface area contributed by atoms with Crippen LogP contribution >= 0.6 is 41.7 Å². The van der Waals surface area contributed by atoms with Gasteiger partial charge in [0.2, 0.25) is 0 Å². The topological polar surface area (TPSA) is 58.9 Å². The van der Waals surface area contributed by atoms with Gasteiger partial charge in [-0.3, -0.25) is 0 Å². The van der Waals surface area contributed by atoms with Gasteiger partial charge in [-0.05, 0) is 0 Å². The first-order chi connectivity index (χ1) is 4.02. The molecule has 0 heterocycles. The largest absolute Gasteiger partial charge is 0.339 e. The SMILES string of the molecule is OP(O)(S)=S(OCl)OCl. The first-order valence-electron chi connectivity index (χ1n) is 1.42. The fourth-order valence-electron chi connectivity index (χ4n) is 0.0853. The molecule has 0 amide bonds. The van der Waals surface area contributed by atoms with E-state index in [9.17, 15) is 0 Å². The molecule has 0 saturated heterocycles. The van der Waals surface area contributed by atoms with Gasteiger partial charge >= 0.3 is 0 Å². The minimum absolute atomic E-state index is 1.74. The summed E-state index contributed by atoms with van der Waals surface area (Å²) in [6.45, 7) is 0. The third kappa shape index (κ3) is 4.08. The Morgan fingerprint density at radius 3 is 1.67 bits per heavy atom. The summed E-state index contributed by atoms with van der Waals surface area (Å²) in [5, 5.41) is 0. The molecule has 0 spiro atoms. The minimum atomic E-state index is -3.51. The lowest BCUT2D eigenvalue weighted by Gasteiger charge is -2.05. The van der Waals surface area contributed by atoms with Gasteiger partial charge < -0.3 is 9.79 Å². The molecule has 0 aromatic rings. The smallest absolute Gasteiger partial charge is 0.252 e. The van der Waals surface area contributed by atoms with Gasteiger partial charge in [-0.2, -0.15) is 7.47 Å². The zero-order valence-electron chi connectivity index (χ0n) is 3.77. The van der Waals surface area contributed by atoms with E-state index < -0.39 is 16.3 Å². The lowest BCUT2D eigenvalue weighted by atomic mass is 15.8. The van der Waals surface area contributed by atoms with Crippen molar-refractivity contribution in [2.45, 2.75) is 0 Å². The first-order valence-corrected chi connectivity index (χ1v) is 6.57. The average molecular weight is 233 g/mol.